The van der Waals surface area contributed by atoms with E-state index in [1.807, 2.05) is 12.1 Å². The van der Waals surface area contributed by atoms with Gasteiger partial charge in [0.15, 0.2) is 11.6 Å². The average molecular weight is 409 g/mol. The summed E-state index contributed by atoms with van der Waals surface area (Å²) in [6.07, 6.45) is 5.94. The first kappa shape index (κ1) is 18.4. The van der Waals surface area contributed by atoms with Crippen LogP contribution in [-0.4, -0.2) is 40.7 Å². The van der Waals surface area contributed by atoms with Crippen molar-refractivity contribution in [2.45, 2.75) is 31.7 Å². The molecule has 148 valence electrons. The molecule has 4 heterocycles. The minimum atomic E-state index is -0.397. The highest BCUT2D eigenvalue weighted by Crippen LogP contribution is 2.48. The number of benzene rings is 1. The van der Waals surface area contributed by atoms with Gasteiger partial charge in [-0.15, -0.1) is 0 Å². The first-order valence-electron chi connectivity index (χ1n) is 9.94. The minimum absolute atomic E-state index is 0.0953. The van der Waals surface area contributed by atoms with Gasteiger partial charge in [0.1, 0.15) is 18.5 Å². The lowest BCUT2D eigenvalue weighted by Crippen LogP contribution is -2.61. The van der Waals surface area contributed by atoms with E-state index in [9.17, 15) is 4.39 Å². The van der Waals surface area contributed by atoms with Crippen molar-refractivity contribution in [1.29, 1.82) is 5.26 Å². The van der Waals surface area contributed by atoms with E-state index >= 15 is 0 Å². The number of halogens is 1. The highest BCUT2D eigenvalue weighted by Gasteiger charge is 2.51. The molecule has 1 aliphatic carbocycles. The van der Waals surface area contributed by atoms with Gasteiger partial charge in [0.25, 0.3) is 0 Å². The van der Waals surface area contributed by atoms with Crippen LogP contribution < -0.4 is 4.74 Å². The Kier molecular flexibility index (Phi) is 4.67. The summed E-state index contributed by atoms with van der Waals surface area (Å²) in [6, 6.07) is 11.0. The second-order valence-electron chi connectivity index (χ2n) is 7.93. The smallest absolute Gasteiger partial charge is 0.165 e. The van der Waals surface area contributed by atoms with E-state index in [1.165, 1.54) is 25.1 Å². The first-order chi connectivity index (χ1) is 14.2. The lowest BCUT2D eigenvalue weighted by Gasteiger charge is -2.55. The highest BCUT2D eigenvalue weighted by atomic mass is 32.2. The molecule has 6 rings (SSSR count). The molecule has 2 saturated heterocycles. The summed E-state index contributed by atoms with van der Waals surface area (Å²) in [5.41, 5.74) is 1.67. The van der Waals surface area contributed by atoms with Crippen LogP contribution in [0.15, 0.2) is 40.9 Å². The van der Waals surface area contributed by atoms with Crippen LogP contribution in [0.2, 0.25) is 0 Å². The lowest BCUT2D eigenvalue weighted by molar-refractivity contribution is 0.0648. The Morgan fingerprint density at radius 2 is 2.14 bits per heavy atom. The fourth-order valence-electron chi connectivity index (χ4n) is 4.68. The maximum atomic E-state index is 14.8. The third-order valence-electron chi connectivity index (χ3n) is 6.30. The molecule has 4 aliphatic rings. The van der Waals surface area contributed by atoms with Gasteiger partial charge < -0.3 is 9.64 Å². The maximum Gasteiger partial charge on any atom is 0.165 e. The first-order valence-corrected chi connectivity index (χ1v) is 10.9. The van der Waals surface area contributed by atoms with Gasteiger partial charge in [0.05, 0.1) is 16.7 Å². The fraction of sp³-hybridized carbons (Fsp3) is 0.409. The number of aromatic nitrogens is 1. The van der Waals surface area contributed by atoms with Crippen LogP contribution in [0.3, 0.4) is 0 Å². The van der Waals surface area contributed by atoms with E-state index in [4.69, 9.17) is 14.4 Å². The van der Waals surface area contributed by atoms with Gasteiger partial charge in [-0.25, -0.2) is 8.79 Å². The summed E-state index contributed by atoms with van der Waals surface area (Å²) in [4.78, 5) is 6.69. The van der Waals surface area contributed by atoms with E-state index in [2.05, 4.69) is 9.88 Å². The molecule has 0 amide bonds. The largest absolute Gasteiger partial charge is 0.489 e. The van der Waals surface area contributed by atoms with Crippen LogP contribution in [0.1, 0.15) is 31.2 Å². The monoisotopic (exact) mass is 408 g/mol. The van der Waals surface area contributed by atoms with Crippen molar-refractivity contribution in [3.63, 3.8) is 0 Å². The molecule has 3 aliphatic heterocycles. The van der Waals surface area contributed by atoms with Crippen LogP contribution >= 0.6 is 11.9 Å². The van der Waals surface area contributed by atoms with Gasteiger partial charge in [-0.1, -0.05) is 0 Å². The van der Waals surface area contributed by atoms with Crippen molar-refractivity contribution in [1.82, 2.24) is 9.88 Å². The van der Waals surface area contributed by atoms with Crippen molar-refractivity contribution in [2.24, 2.45) is 9.81 Å². The molecule has 2 bridgehead atoms. The van der Waals surface area contributed by atoms with Gasteiger partial charge in [0, 0.05) is 30.1 Å². The molecule has 3 fully saturated rings. The SMILES string of the molecule is N#Cc1ccc(-c2ccc(OCC34CCC(CC3)N3CCSN=C34)c(F)c2)nc1. The summed E-state index contributed by atoms with van der Waals surface area (Å²) < 4.78 is 25.5. The summed E-state index contributed by atoms with van der Waals surface area (Å²) >= 11 is 1.64. The number of nitriles is 1. The molecule has 1 aromatic carbocycles. The molecular formula is C22H21FN4OS. The maximum absolute atomic E-state index is 14.8. The number of fused-ring (bicyclic) bond motifs is 2. The van der Waals surface area contributed by atoms with Crippen molar-refractivity contribution < 1.29 is 9.13 Å². The Labute approximate surface area is 173 Å². The Morgan fingerprint density at radius 3 is 2.86 bits per heavy atom. The zero-order valence-corrected chi connectivity index (χ0v) is 16.8. The molecule has 0 N–H and O–H groups in total. The Balaban J connectivity index is 1.34. The number of hydrogen-bond acceptors (Lipinski definition) is 6. The molecule has 0 radical (unpaired) electrons. The van der Waals surface area contributed by atoms with Gasteiger partial charge in [-0.3, -0.25) is 4.98 Å². The van der Waals surface area contributed by atoms with E-state index in [-0.39, 0.29) is 11.2 Å². The van der Waals surface area contributed by atoms with Gasteiger partial charge in [-0.2, -0.15) is 5.26 Å². The second-order valence-corrected chi connectivity index (χ2v) is 8.78. The lowest BCUT2D eigenvalue weighted by atomic mass is 9.67. The predicted molar refractivity (Wildman–Crippen MR) is 111 cm³/mol. The van der Waals surface area contributed by atoms with Crippen LogP contribution in [0.25, 0.3) is 11.3 Å². The molecule has 2 aromatic rings. The summed E-state index contributed by atoms with van der Waals surface area (Å²) in [5.74, 6) is 2.07. The molecule has 0 spiro atoms. The molecule has 29 heavy (non-hydrogen) atoms. The van der Waals surface area contributed by atoms with Gasteiger partial charge >= 0.3 is 0 Å². The number of rotatable bonds is 4. The Hall–Kier alpha value is -2.59. The number of hydrogen-bond donors (Lipinski definition) is 0. The van der Waals surface area contributed by atoms with Crippen LogP contribution in [-0.2, 0) is 0 Å². The fourth-order valence-corrected chi connectivity index (χ4v) is 5.47. The molecule has 5 nitrogen and oxygen atoms in total. The molecule has 0 unspecified atom stereocenters. The standard InChI is InChI=1S/C22H21FN4OS/c23-18-11-16(19-3-1-15(12-24)13-25-19)2-4-20(18)28-14-22-7-5-17(6-8-22)27-9-10-29-26-21(22)27/h1-4,11,13,17H,5-10,14H2. The van der Waals surface area contributed by atoms with Crippen LogP contribution in [0, 0.1) is 22.6 Å². The zero-order chi connectivity index (χ0) is 19.8. The van der Waals surface area contributed by atoms with Crippen molar-refractivity contribution >= 4 is 17.8 Å². The normalized spacial score (nSPS) is 25.2. The summed E-state index contributed by atoms with van der Waals surface area (Å²) in [5, 5.41) is 8.88. The van der Waals surface area contributed by atoms with E-state index < -0.39 is 5.82 Å². The molecular weight excluding hydrogens is 387 g/mol. The minimum Gasteiger partial charge on any atom is -0.489 e. The van der Waals surface area contributed by atoms with E-state index in [1.54, 1.807) is 30.1 Å². The zero-order valence-electron chi connectivity index (χ0n) is 16.0. The van der Waals surface area contributed by atoms with Crippen molar-refractivity contribution in [3.8, 4) is 23.1 Å². The average Bonchev–Trinajstić information content (AvgIpc) is 2.79. The Bertz CT molecular complexity index is 993. The van der Waals surface area contributed by atoms with E-state index in [0.29, 0.717) is 29.5 Å². The van der Waals surface area contributed by atoms with Gasteiger partial charge in [-0.05, 0) is 68.0 Å². The molecule has 1 saturated carbocycles. The van der Waals surface area contributed by atoms with E-state index in [0.717, 1.165) is 31.0 Å². The van der Waals surface area contributed by atoms with Crippen LogP contribution in [0.4, 0.5) is 4.39 Å². The highest BCUT2D eigenvalue weighted by molar-refractivity contribution is 7.98. The predicted octanol–water partition coefficient (Wildman–Crippen LogP) is 4.44. The van der Waals surface area contributed by atoms with Crippen LogP contribution in [0.5, 0.6) is 5.75 Å². The third-order valence-corrected chi connectivity index (χ3v) is 6.97. The number of ether oxygens (including phenoxy) is 1. The number of pyridine rings is 1. The second kappa shape index (κ2) is 7.34. The summed E-state index contributed by atoms with van der Waals surface area (Å²) in [7, 11) is 0. The van der Waals surface area contributed by atoms with Gasteiger partial charge in [0.2, 0.25) is 0 Å². The third kappa shape index (κ3) is 3.25. The summed E-state index contributed by atoms with van der Waals surface area (Å²) in [6.45, 7) is 1.51. The molecule has 0 atom stereocenters. The topological polar surface area (TPSA) is 61.5 Å². The number of nitrogens with zero attached hydrogens (tertiary/aromatic N) is 4. The number of amidine groups is 1. The quantitative estimate of drug-likeness (QED) is 0.700. The number of piperidine rings is 2. The molecule has 1 aromatic heterocycles. The van der Waals surface area contributed by atoms with Crippen molar-refractivity contribution in [3.05, 3.63) is 47.9 Å². The Morgan fingerprint density at radius 1 is 1.28 bits per heavy atom. The van der Waals surface area contributed by atoms with Crippen molar-refractivity contribution in [2.75, 3.05) is 18.9 Å². The molecule has 7 heteroatoms.